The Kier molecular flexibility index (Phi) is 5.65. The van der Waals surface area contributed by atoms with Crippen molar-refractivity contribution >= 4 is 5.91 Å². The summed E-state index contributed by atoms with van der Waals surface area (Å²) in [6.07, 6.45) is 0.885. The van der Waals surface area contributed by atoms with Crippen molar-refractivity contribution in [2.75, 3.05) is 20.3 Å². The number of nitrogens with one attached hydrogen (secondary N) is 1. The molecule has 1 aromatic carbocycles. The standard InChI is InChI=1S/C14H21NO3/c1-10-7-11(2)12(13(8-10)18-3)9-14(17)15-5-4-6-16/h7-8,16H,4-6,9H2,1-3H3,(H,15,17). The van der Waals surface area contributed by atoms with Gasteiger partial charge in [0.05, 0.1) is 13.5 Å². The molecule has 0 aliphatic rings. The average Bonchev–Trinajstić information content (AvgIpc) is 2.32. The van der Waals surface area contributed by atoms with Gasteiger partial charge in [0.25, 0.3) is 0 Å². The first-order chi connectivity index (χ1) is 8.58. The Hall–Kier alpha value is -1.55. The Morgan fingerprint density at radius 1 is 1.39 bits per heavy atom. The van der Waals surface area contributed by atoms with E-state index in [0.717, 1.165) is 22.4 Å². The fraction of sp³-hybridized carbons (Fsp3) is 0.500. The smallest absolute Gasteiger partial charge is 0.224 e. The number of aliphatic hydroxyl groups is 1. The van der Waals surface area contributed by atoms with E-state index in [1.54, 1.807) is 7.11 Å². The molecule has 0 fully saturated rings. The third kappa shape index (κ3) is 4.04. The van der Waals surface area contributed by atoms with Gasteiger partial charge in [-0.2, -0.15) is 0 Å². The predicted octanol–water partition coefficient (Wildman–Crippen LogP) is 1.35. The molecule has 0 bridgehead atoms. The number of hydrogen-bond acceptors (Lipinski definition) is 3. The summed E-state index contributed by atoms with van der Waals surface area (Å²) in [5, 5.41) is 11.4. The molecule has 1 amide bonds. The quantitative estimate of drug-likeness (QED) is 0.750. The zero-order chi connectivity index (χ0) is 13.5. The number of hydrogen-bond donors (Lipinski definition) is 2. The second kappa shape index (κ2) is 7.01. The second-order valence-electron chi connectivity index (χ2n) is 4.37. The lowest BCUT2D eigenvalue weighted by Gasteiger charge is -2.13. The van der Waals surface area contributed by atoms with Gasteiger partial charge in [-0.1, -0.05) is 6.07 Å². The lowest BCUT2D eigenvalue weighted by molar-refractivity contribution is -0.120. The third-order valence-electron chi connectivity index (χ3n) is 2.79. The highest BCUT2D eigenvalue weighted by Crippen LogP contribution is 2.24. The number of rotatable bonds is 6. The van der Waals surface area contributed by atoms with Crippen molar-refractivity contribution in [1.29, 1.82) is 0 Å². The first-order valence-electron chi connectivity index (χ1n) is 6.10. The largest absolute Gasteiger partial charge is 0.496 e. The van der Waals surface area contributed by atoms with Gasteiger partial charge in [-0.25, -0.2) is 0 Å². The van der Waals surface area contributed by atoms with Crippen LogP contribution < -0.4 is 10.1 Å². The molecule has 0 aliphatic carbocycles. The molecule has 0 heterocycles. The van der Waals surface area contributed by atoms with Crippen LogP contribution in [0.2, 0.25) is 0 Å². The van der Waals surface area contributed by atoms with Crippen LogP contribution in [-0.4, -0.2) is 31.3 Å². The highest BCUT2D eigenvalue weighted by atomic mass is 16.5. The van der Waals surface area contributed by atoms with Gasteiger partial charge in [0.15, 0.2) is 0 Å². The summed E-state index contributed by atoms with van der Waals surface area (Å²) >= 11 is 0. The molecule has 0 unspecified atom stereocenters. The van der Waals surface area contributed by atoms with Gasteiger partial charge >= 0.3 is 0 Å². The van der Waals surface area contributed by atoms with Gasteiger partial charge in [-0.05, 0) is 37.5 Å². The number of benzene rings is 1. The first-order valence-corrected chi connectivity index (χ1v) is 6.10. The minimum Gasteiger partial charge on any atom is -0.496 e. The molecule has 100 valence electrons. The van der Waals surface area contributed by atoms with E-state index in [0.29, 0.717) is 19.4 Å². The molecular weight excluding hydrogens is 230 g/mol. The minimum atomic E-state index is -0.0475. The maximum absolute atomic E-state index is 11.7. The van der Waals surface area contributed by atoms with E-state index in [2.05, 4.69) is 5.32 Å². The predicted molar refractivity (Wildman–Crippen MR) is 70.9 cm³/mol. The fourth-order valence-corrected chi connectivity index (χ4v) is 1.90. The van der Waals surface area contributed by atoms with Gasteiger partial charge in [-0.3, -0.25) is 4.79 Å². The van der Waals surface area contributed by atoms with E-state index < -0.39 is 0 Å². The normalized spacial score (nSPS) is 10.2. The molecule has 0 atom stereocenters. The molecule has 2 N–H and O–H groups in total. The van der Waals surface area contributed by atoms with Crippen molar-refractivity contribution < 1.29 is 14.6 Å². The van der Waals surface area contributed by atoms with E-state index in [4.69, 9.17) is 9.84 Å². The summed E-state index contributed by atoms with van der Waals surface area (Å²) < 4.78 is 5.31. The van der Waals surface area contributed by atoms with Gasteiger partial charge < -0.3 is 15.2 Å². The summed E-state index contributed by atoms with van der Waals surface area (Å²) in [5.41, 5.74) is 3.10. The number of methoxy groups -OCH3 is 1. The van der Waals surface area contributed by atoms with Crippen molar-refractivity contribution in [2.45, 2.75) is 26.7 Å². The molecule has 4 heteroatoms. The number of ether oxygens (including phenoxy) is 1. The SMILES string of the molecule is COc1cc(C)cc(C)c1CC(=O)NCCCO. The molecule has 0 aliphatic heterocycles. The summed E-state index contributed by atoms with van der Waals surface area (Å²) in [4.78, 5) is 11.7. The van der Waals surface area contributed by atoms with Crippen molar-refractivity contribution in [1.82, 2.24) is 5.32 Å². The highest BCUT2D eigenvalue weighted by Gasteiger charge is 2.11. The van der Waals surface area contributed by atoms with Crippen LogP contribution in [0.3, 0.4) is 0 Å². The molecule has 1 rings (SSSR count). The van der Waals surface area contributed by atoms with Crippen LogP contribution in [0.15, 0.2) is 12.1 Å². The zero-order valence-electron chi connectivity index (χ0n) is 11.2. The second-order valence-corrected chi connectivity index (χ2v) is 4.37. The van der Waals surface area contributed by atoms with Crippen molar-refractivity contribution in [2.24, 2.45) is 0 Å². The maximum Gasteiger partial charge on any atom is 0.224 e. The molecule has 0 radical (unpaired) electrons. The van der Waals surface area contributed by atoms with Crippen LogP contribution in [0.1, 0.15) is 23.1 Å². The zero-order valence-corrected chi connectivity index (χ0v) is 11.2. The lowest BCUT2D eigenvalue weighted by atomic mass is 10.0. The van der Waals surface area contributed by atoms with Gasteiger partial charge in [0, 0.05) is 18.7 Å². The number of carbonyl (C=O) groups is 1. The number of aliphatic hydroxyl groups excluding tert-OH is 1. The monoisotopic (exact) mass is 251 g/mol. The van der Waals surface area contributed by atoms with Crippen LogP contribution >= 0.6 is 0 Å². The molecule has 0 saturated heterocycles. The van der Waals surface area contributed by atoms with Crippen LogP contribution in [0.5, 0.6) is 5.75 Å². The summed E-state index contributed by atoms with van der Waals surface area (Å²) in [5.74, 6) is 0.707. The summed E-state index contributed by atoms with van der Waals surface area (Å²) in [6.45, 7) is 4.57. The Morgan fingerprint density at radius 2 is 2.11 bits per heavy atom. The Balaban J connectivity index is 2.74. The van der Waals surface area contributed by atoms with Gasteiger partial charge in [0.1, 0.15) is 5.75 Å². The topological polar surface area (TPSA) is 58.6 Å². The average molecular weight is 251 g/mol. The van der Waals surface area contributed by atoms with Crippen LogP contribution in [-0.2, 0) is 11.2 Å². The van der Waals surface area contributed by atoms with Gasteiger partial charge in [0.2, 0.25) is 5.91 Å². The van der Waals surface area contributed by atoms with Gasteiger partial charge in [-0.15, -0.1) is 0 Å². The van der Waals surface area contributed by atoms with Crippen LogP contribution in [0, 0.1) is 13.8 Å². The number of carbonyl (C=O) groups excluding carboxylic acids is 1. The van der Waals surface area contributed by atoms with E-state index in [-0.39, 0.29) is 12.5 Å². The minimum absolute atomic E-state index is 0.0475. The van der Waals surface area contributed by atoms with Crippen LogP contribution in [0.4, 0.5) is 0 Å². The van der Waals surface area contributed by atoms with Crippen LogP contribution in [0.25, 0.3) is 0 Å². The highest BCUT2D eigenvalue weighted by molar-refractivity contribution is 5.79. The number of amides is 1. The molecule has 1 aromatic rings. The first kappa shape index (κ1) is 14.5. The van der Waals surface area contributed by atoms with E-state index in [9.17, 15) is 4.79 Å². The Labute approximate surface area is 108 Å². The van der Waals surface area contributed by atoms with E-state index in [1.807, 2.05) is 26.0 Å². The molecule has 18 heavy (non-hydrogen) atoms. The molecule has 0 saturated carbocycles. The third-order valence-corrected chi connectivity index (χ3v) is 2.79. The number of aryl methyl sites for hydroxylation is 2. The molecule has 4 nitrogen and oxygen atoms in total. The molecule has 0 spiro atoms. The molecular formula is C14H21NO3. The maximum atomic E-state index is 11.7. The summed E-state index contributed by atoms with van der Waals surface area (Å²) in [7, 11) is 1.61. The van der Waals surface area contributed by atoms with E-state index in [1.165, 1.54) is 0 Å². The Morgan fingerprint density at radius 3 is 2.72 bits per heavy atom. The van der Waals surface area contributed by atoms with Crippen molar-refractivity contribution in [3.8, 4) is 5.75 Å². The lowest BCUT2D eigenvalue weighted by Crippen LogP contribution is -2.27. The van der Waals surface area contributed by atoms with Crippen molar-refractivity contribution in [3.63, 3.8) is 0 Å². The molecule has 0 aromatic heterocycles. The van der Waals surface area contributed by atoms with E-state index >= 15 is 0 Å². The Bertz CT molecular complexity index is 416. The van der Waals surface area contributed by atoms with Crippen molar-refractivity contribution in [3.05, 3.63) is 28.8 Å². The fourth-order valence-electron chi connectivity index (χ4n) is 1.90. The summed E-state index contributed by atoms with van der Waals surface area (Å²) in [6, 6.07) is 3.97.